The summed E-state index contributed by atoms with van der Waals surface area (Å²) in [5.74, 6) is -2.05. The van der Waals surface area contributed by atoms with Gasteiger partial charge in [0.15, 0.2) is 11.6 Å². The molecule has 2 rings (SSSR count). The predicted molar refractivity (Wildman–Crippen MR) is 87.5 cm³/mol. The van der Waals surface area contributed by atoms with Crippen LogP contribution in [0.4, 0.5) is 0 Å². The van der Waals surface area contributed by atoms with Crippen LogP contribution >= 0.6 is 11.8 Å². The van der Waals surface area contributed by atoms with Gasteiger partial charge in [0, 0.05) is 17.2 Å². The van der Waals surface area contributed by atoms with Crippen LogP contribution in [0.1, 0.15) is 33.2 Å². The Morgan fingerprint density at radius 2 is 2.00 bits per heavy atom. The fraction of sp³-hybridized carbons (Fsp3) is 0.267. The van der Waals surface area contributed by atoms with Crippen LogP contribution in [0.3, 0.4) is 0 Å². The van der Waals surface area contributed by atoms with Gasteiger partial charge in [-0.2, -0.15) is 8.42 Å². The molecular weight excluding hydrogens is 356 g/mol. The molecule has 24 heavy (non-hydrogen) atoms. The molecule has 9 heteroatoms. The molecule has 128 valence electrons. The van der Waals surface area contributed by atoms with E-state index in [1.807, 2.05) is 0 Å². The average molecular weight is 370 g/mol. The number of Topliss-reactive ketones (excluding diaryl/α,β-unsaturated/α-hetero) is 1. The average Bonchev–Trinajstić information content (AvgIpc) is 2.49. The number of aliphatic carboxylic acids is 1. The van der Waals surface area contributed by atoms with Gasteiger partial charge in [-0.05, 0) is 12.5 Å². The third-order valence-electron chi connectivity index (χ3n) is 3.21. The van der Waals surface area contributed by atoms with E-state index >= 15 is 0 Å². The van der Waals surface area contributed by atoms with E-state index in [9.17, 15) is 22.8 Å². The minimum Gasteiger partial charge on any atom is -0.480 e. The fourth-order valence-electron chi connectivity index (χ4n) is 2.09. The predicted octanol–water partition coefficient (Wildman–Crippen LogP) is 1.63. The third kappa shape index (κ3) is 4.11. The number of carbonyl (C=O) groups is 3. The first-order chi connectivity index (χ1) is 11.1. The number of carboxylic acids is 1. The first kappa shape index (κ1) is 18.4. The number of allylic oxidation sites excluding steroid dienone is 2. The summed E-state index contributed by atoms with van der Waals surface area (Å²) >= 11 is 0.792. The topological polar surface area (TPSA) is 115 Å². The lowest BCUT2D eigenvalue weighted by Crippen LogP contribution is -2.21. The van der Waals surface area contributed by atoms with Gasteiger partial charge in [0.05, 0.1) is 17.8 Å². The molecule has 1 aromatic rings. The van der Waals surface area contributed by atoms with Crippen molar-refractivity contribution in [3.8, 4) is 0 Å². The van der Waals surface area contributed by atoms with Crippen molar-refractivity contribution >= 4 is 39.4 Å². The van der Waals surface area contributed by atoms with E-state index in [1.165, 1.54) is 25.1 Å². The maximum absolute atomic E-state index is 12.5. The van der Waals surface area contributed by atoms with Crippen LogP contribution in [0.5, 0.6) is 0 Å². The van der Waals surface area contributed by atoms with Gasteiger partial charge in [-0.25, -0.2) is 0 Å². The number of hydrogen-bond acceptors (Lipinski definition) is 7. The van der Waals surface area contributed by atoms with Crippen molar-refractivity contribution in [2.45, 2.75) is 18.8 Å². The number of thioether (sulfide) groups is 1. The monoisotopic (exact) mass is 370 g/mol. The smallest absolute Gasteiger partial charge is 0.316 e. The minimum atomic E-state index is -3.70. The largest absolute Gasteiger partial charge is 0.480 e. The fourth-order valence-corrected chi connectivity index (χ4v) is 3.30. The Kier molecular flexibility index (Phi) is 5.26. The Morgan fingerprint density at radius 1 is 1.33 bits per heavy atom. The van der Waals surface area contributed by atoms with Gasteiger partial charge >= 0.3 is 5.97 Å². The second kappa shape index (κ2) is 6.88. The van der Waals surface area contributed by atoms with Crippen LogP contribution in [0.15, 0.2) is 29.2 Å². The zero-order valence-electron chi connectivity index (χ0n) is 12.8. The SMILES string of the molecule is CC(SC1=CC(=O)c2c(COS(C)(=O)=O)cccc2C1=O)C(=O)O. The van der Waals surface area contributed by atoms with Crippen LogP contribution in [0.25, 0.3) is 0 Å². The molecule has 1 unspecified atom stereocenters. The number of hydrogen-bond donors (Lipinski definition) is 1. The summed E-state index contributed by atoms with van der Waals surface area (Å²) in [4.78, 5) is 35.8. The lowest BCUT2D eigenvalue weighted by molar-refractivity contribution is -0.136. The Morgan fingerprint density at radius 3 is 2.58 bits per heavy atom. The summed E-state index contributed by atoms with van der Waals surface area (Å²) in [5, 5.41) is 8.05. The van der Waals surface area contributed by atoms with Crippen molar-refractivity contribution in [1.29, 1.82) is 0 Å². The summed E-state index contributed by atoms with van der Waals surface area (Å²) in [5.41, 5.74) is 0.471. The normalized spacial score (nSPS) is 15.7. The molecule has 0 aliphatic heterocycles. The first-order valence-corrected chi connectivity index (χ1v) is 9.46. The molecule has 0 amide bonds. The zero-order valence-corrected chi connectivity index (χ0v) is 14.4. The standard InChI is InChI=1S/C15H14O7S2/c1-8(15(18)19)23-12-6-11(16)13-9(7-22-24(2,20)21)4-3-5-10(13)14(12)17/h3-6,8H,7H2,1-2H3,(H,18,19). The van der Waals surface area contributed by atoms with Crippen molar-refractivity contribution in [1.82, 2.24) is 0 Å². The molecule has 1 N–H and O–H groups in total. The Bertz CT molecular complexity index is 853. The molecule has 1 aromatic carbocycles. The first-order valence-electron chi connectivity index (χ1n) is 6.76. The van der Waals surface area contributed by atoms with Gasteiger partial charge in [0.1, 0.15) is 5.25 Å². The molecule has 0 radical (unpaired) electrons. The summed E-state index contributed by atoms with van der Waals surface area (Å²) in [7, 11) is -3.70. The molecule has 0 spiro atoms. The number of benzene rings is 1. The molecular formula is C15H14O7S2. The molecule has 0 saturated carbocycles. The molecule has 0 bridgehead atoms. The van der Waals surface area contributed by atoms with Crippen LogP contribution in [0.2, 0.25) is 0 Å². The molecule has 0 saturated heterocycles. The lowest BCUT2D eigenvalue weighted by atomic mass is 9.91. The van der Waals surface area contributed by atoms with E-state index < -0.39 is 32.9 Å². The van der Waals surface area contributed by atoms with Crippen molar-refractivity contribution in [2.75, 3.05) is 6.26 Å². The van der Waals surface area contributed by atoms with Gasteiger partial charge in [0.2, 0.25) is 0 Å². The molecule has 7 nitrogen and oxygen atoms in total. The number of rotatable bonds is 6. The number of ketones is 2. The molecule has 0 aromatic heterocycles. The minimum absolute atomic E-state index is 0.0450. The van der Waals surface area contributed by atoms with Crippen molar-refractivity contribution < 1.29 is 32.1 Å². The van der Waals surface area contributed by atoms with E-state index in [2.05, 4.69) is 0 Å². The highest BCUT2D eigenvalue weighted by Gasteiger charge is 2.30. The number of fused-ring (bicyclic) bond motifs is 1. The van der Waals surface area contributed by atoms with Crippen LogP contribution in [0, 0.1) is 0 Å². The van der Waals surface area contributed by atoms with Gasteiger partial charge in [0.25, 0.3) is 10.1 Å². The molecule has 1 atom stereocenters. The van der Waals surface area contributed by atoms with E-state index in [4.69, 9.17) is 9.29 Å². The van der Waals surface area contributed by atoms with Crippen LogP contribution < -0.4 is 0 Å². The van der Waals surface area contributed by atoms with Crippen LogP contribution in [-0.2, 0) is 25.7 Å². The molecule has 0 heterocycles. The van der Waals surface area contributed by atoms with Crippen molar-refractivity contribution in [3.05, 3.63) is 45.9 Å². The number of carbonyl (C=O) groups excluding carboxylic acids is 2. The second-order valence-corrected chi connectivity index (χ2v) is 8.13. The van der Waals surface area contributed by atoms with Crippen molar-refractivity contribution in [2.24, 2.45) is 0 Å². The van der Waals surface area contributed by atoms with E-state index in [0.717, 1.165) is 24.1 Å². The Hall–Kier alpha value is -1.97. The summed E-state index contributed by atoms with van der Waals surface area (Å²) in [6, 6.07) is 4.46. The molecule has 0 fully saturated rings. The highest BCUT2D eigenvalue weighted by Crippen LogP contribution is 2.32. The maximum atomic E-state index is 12.5. The highest BCUT2D eigenvalue weighted by atomic mass is 32.2. The van der Waals surface area contributed by atoms with Gasteiger partial charge < -0.3 is 5.11 Å². The third-order valence-corrected chi connectivity index (χ3v) is 4.87. The van der Waals surface area contributed by atoms with Gasteiger partial charge in [-0.15, -0.1) is 11.8 Å². The van der Waals surface area contributed by atoms with Crippen LogP contribution in [-0.4, -0.2) is 42.6 Å². The number of carboxylic acid groups (broad SMARTS) is 1. The lowest BCUT2D eigenvalue weighted by Gasteiger charge is -2.18. The maximum Gasteiger partial charge on any atom is 0.316 e. The van der Waals surface area contributed by atoms with E-state index in [0.29, 0.717) is 0 Å². The van der Waals surface area contributed by atoms with E-state index in [-0.39, 0.29) is 28.2 Å². The summed E-state index contributed by atoms with van der Waals surface area (Å²) in [6.07, 6.45) is 1.97. The van der Waals surface area contributed by atoms with E-state index in [1.54, 1.807) is 0 Å². The summed E-state index contributed by atoms with van der Waals surface area (Å²) in [6.45, 7) is 1.06. The second-order valence-electron chi connectivity index (χ2n) is 5.11. The molecule has 1 aliphatic carbocycles. The summed E-state index contributed by atoms with van der Waals surface area (Å²) < 4.78 is 26.9. The Balaban J connectivity index is 2.37. The highest BCUT2D eigenvalue weighted by molar-refractivity contribution is 8.05. The van der Waals surface area contributed by atoms with Gasteiger partial charge in [-0.1, -0.05) is 18.2 Å². The molecule has 1 aliphatic rings. The van der Waals surface area contributed by atoms with Gasteiger partial charge in [-0.3, -0.25) is 18.6 Å². The quantitative estimate of drug-likeness (QED) is 0.752. The Labute approximate surface area is 142 Å². The van der Waals surface area contributed by atoms with Crippen molar-refractivity contribution in [3.63, 3.8) is 0 Å². The zero-order chi connectivity index (χ0) is 18.1.